The lowest BCUT2D eigenvalue weighted by molar-refractivity contribution is 0.0783. The van der Waals surface area contributed by atoms with Gasteiger partial charge in [0.25, 0.3) is 0 Å². The fourth-order valence-electron chi connectivity index (χ4n) is 2.65. The fraction of sp³-hybridized carbons (Fsp3) is 0.316. The largest absolute Gasteiger partial charge is 0.491 e. The Morgan fingerprint density at radius 1 is 1.32 bits per heavy atom. The van der Waals surface area contributed by atoms with E-state index in [0.717, 1.165) is 5.56 Å². The first kappa shape index (κ1) is 19.7. The number of aliphatic hydroxyl groups is 2. The van der Waals surface area contributed by atoms with Gasteiger partial charge in [-0.1, -0.05) is 0 Å². The molecule has 0 spiro atoms. The number of nitrogens with zero attached hydrogens (tertiary/aromatic N) is 4. The van der Waals surface area contributed by atoms with Crippen LogP contribution in [0.2, 0.25) is 0 Å². The van der Waals surface area contributed by atoms with Gasteiger partial charge in [-0.25, -0.2) is 14.4 Å². The number of nitrogens with one attached hydrogen (secondary N) is 1. The molecule has 0 unspecified atom stereocenters. The molecule has 0 bridgehead atoms. The van der Waals surface area contributed by atoms with E-state index in [2.05, 4.69) is 20.4 Å². The fourth-order valence-corrected chi connectivity index (χ4v) is 2.65. The van der Waals surface area contributed by atoms with Gasteiger partial charge in [-0.2, -0.15) is 5.10 Å². The maximum atomic E-state index is 14.2. The van der Waals surface area contributed by atoms with Gasteiger partial charge in [-0.05, 0) is 37.6 Å². The Morgan fingerprint density at radius 2 is 2.14 bits per heavy atom. The number of benzene rings is 1. The summed E-state index contributed by atoms with van der Waals surface area (Å²) in [5, 5.41) is 25.5. The first-order valence-electron chi connectivity index (χ1n) is 8.85. The van der Waals surface area contributed by atoms with Crippen LogP contribution < -0.4 is 10.1 Å². The van der Waals surface area contributed by atoms with E-state index in [1.165, 1.54) is 10.7 Å². The Bertz CT molecular complexity index is 947. The number of rotatable bonds is 8. The summed E-state index contributed by atoms with van der Waals surface area (Å²) in [4.78, 5) is 8.73. The summed E-state index contributed by atoms with van der Waals surface area (Å²) < 4.78 is 20.9. The van der Waals surface area contributed by atoms with E-state index in [0.29, 0.717) is 29.5 Å². The third-order valence-electron chi connectivity index (χ3n) is 3.97. The van der Waals surface area contributed by atoms with Crippen LogP contribution in [-0.4, -0.2) is 49.3 Å². The normalized spacial score (nSPS) is 12.0. The van der Waals surface area contributed by atoms with Gasteiger partial charge in [-0.3, -0.25) is 4.68 Å². The monoisotopic (exact) mass is 387 g/mol. The summed E-state index contributed by atoms with van der Waals surface area (Å²) >= 11 is 0. The van der Waals surface area contributed by atoms with Crippen LogP contribution in [0.25, 0.3) is 11.3 Å². The third-order valence-corrected chi connectivity index (χ3v) is 3.97. The number of hydrogen-bond acceptors (Lipinski definition) is 7. The minimum Gasteiger partial charge on any atom is -0.491 e. The lowest BCUT2D eigenvalue weighted by Crippen LogP contribution is -2.19. The van der Waals surface area contributed by atoms with E-state index in [4.69, 9.17) is 9.84 Å². The summed E-state index contributed by atoms with van der Waals surface area (Å²) in [5.74, 6) is 0.0847. The first-order chi connectivity index (χ1) is 13.5. The smallest absolute Gasteiger partial charge is 0.227 e. The molecule has 3 rings (SSSR count). The molecule has 3 aromatic rings. The van der Waals surface area contributed by atoms with E-state index in [-0.39, 0.29) is 18.9 Å². The SMILES string of the molecule is CCOc1ccc(-c2nc(Nc3cnn(C[C@@H](O)CO)c3)ncc2C)cc1F. The Labute approximate surface area is 161 Å². The molecule has 1 aromatic carbocycles. The van der Waals surface area contributed by atoms with Crippen molar-refractivity contribution in [3.8, 4) is 17.0 Å². The predicted octanol–water partition coefficient (Wildman–Crippen LogP) is 2.28. The molecule has 0 radical (unpaired) electrons. The summed E-state index contributed by atoms with van der Waals surface area (Å²) in [6.45, 7) is 3.86. The molecule has 0 amide bonds. The van der Waals surface area contributed by atoms with Gasteiger partial charge in [0.1, 0.15) is 0 Å². The number of ether oxygens (including phenoxy) is 1. The highest BCUT2D eigenvalue weighted by Gasteiger charge is 2.12. The number of aliphatic hydroxyl groups excluding tert-OH is 2. The van der Waals surface area contributed by atoms with Crippen molar-refractivity contribution < 1.29 is 19.3 Å². The minimum absolute atomic E-state index is 0.170. The van der Waals surface area contributed by atoms with Gasteiger partial charge in [0.05, 0.1) is 43.4 Å². The maximum Gasteiger partial charge on any atom is 0.227 e. The molecule has 2 heterocycles. The van der Waals surface area contributed by atoms with Gasteiger partial charge in [-0.15, -0.1) is 0 Å². The van der Waals surface area contributed by atoms with E-state index in [9.17, 15) is 9.50 Å². The van der Waals surface area contributed by atoms with Crippen molar-refractivity contribution in [3.63, 3.8) is 0 Å². The van der Waals surface area contributed by atoms with Crippen molar-refractivity contribution >= 4 is 11.6 Å². The van der Waals surface area contributed by atoms with E-state index >= 15 is 0 Å². The third kappa shape index (κ3) is 4.62. The number of halogens is 1. The Balaban J connectivity index is 1.81. The molecule has 148 valence electrons. The molecule has 28 heavy (non-hydrogen) atoms. The highest BCUT2D eigenvalue weighted by molar-refractivity contribution is 5.65. The van der Waals surface area contributed by atoms with Crippen LogP contribution in [-0.2, 0) is 6.54 Å². The molecular weight excluding hydrogens is 365 g/mol. The Morgan fingerprint density at radius 3 is 2.86 bits per heavy atom. The van der Waals surface area contributed by atoms with Gasteiger partial charge in [0.2, 0.25) is 5.95 Å². The molecule has 9 heteroatoms. The number of anilines is 2. The zero-order valence-electron chi connectivity index (χ0n) is 15.6. The molecule has 0 fully saturated rings. The van der Waals surface area contributed by atoms with Crippen molar-refractivity contribution in [2.75, 3.05) is 18.5 Å². The summed E-state index contributed by atoms with van der Waals surface area (Å²) in [7, 11) is 0. The van der Waals surface area contributed by atoms with Crippen LogP contribution in [0.15, 0.2) is 36.8 Å². The Hall–Kier alpha value is -3.04. The standard InChI is InChI=1S/C19H22FN5O3/c1-3-28-17-5-4-13(6-16(17)20)18-12(2)7-21-19(24-18)23-14-8-22-25(9-14)10-15(27)11-26/h4-9,15,26-27H,3,10-11H2,1-2H3,(H,21,23,24)/t15-/m1/s1. The van der Waals surface area contributed by atoms with Crippen molar-refractivity contribution in [1.82, 2.24) is 19.7 Å². The van der Waals surface area contributed by atoms with Crippen molar-refractivity contribution in [1.29, 1.82) is 0 Å². The quantitative estimate of drug-likeness (QED) is 0.545. The summed E-state index contributed by atoms with van der Waals surface area (Å²) in [6.07, 6.45) is 3.99. The average molecular weight is 387 g/mol. The van der Waals surface area contributed by atoms with Crippen LogP contribution in [0.5, 0.6) is 5.75 Å². The molecule has 0 aliphatic carbocycles. The van der Waals surface area contributed by atoms with Crippen LogP contribution >= 0.6 is 0 Å². The molecule has 3 N–H and O–H groups in total. The molecule has 2 aromatic heterocycles. The van der Waals surface area contributed by atoms with Crippen molar-refractivity contribution in [2.24, 2.45) is 0 Å². The van der Waals surface area contributed by atoms with Crippen LogP contribution in [0.4, 0.5) is 16.0 Å². The van der Waals surface area contributed by atoms with Crippen LogP contribution in [0.1, 0.15) is 12.5 Å². The molecule has 0 aliphatic heterocycles. The second kappa shape index (κ2) is 8.77. The second-order valence-electron chi connectivity index (χ2n) is 6.22. The van der Waals surface area contributed by atoms with E-state index in [1.54, 1.807) is 37.6 Å². The van der Waals surface area contributed by atoms with Gasteiger partial charge >= 0.3 is 0 Å². The molecule has 0 saturated carbocycles. The van der Waals surface area contributed by atoms with Gasteiger partial charge in [0.15, 0.2) is 11.6 Å². The molecule has 1 atom stereocenters. The van der Waals surface area contributed by atoms with Gasteiger partial charge < -0.3 is 20.3 Å². The lowest BCUT2D eigenvalue weighted by Gasteiger charge is -2.10. The predicted molar refractivity (Wildman–Crippen MR) is 102 cm³/mol. The number of aromatic nitrogens is 4. The Kier molecular flexibility index (Phi) is 6.17. The topological polar surface area (TPSA) is 105 Å². The van der Waals surface area contributed by atoms with Crippen molar-refractivity contribution in [2.45, 2.75) is 26.5 Å². The zero-order chi connectivity index (χ0) is 20.1. The minimum atomic E-state index is -0.885. The molecule has 8 nitrogen and oxygen atoms in total. The molecule has 0 aliphatic rings. The zero-order valence-corrected chi connectivity index (χ0v) is 15.6. The second-order valence-corrected chi connectivity index (χ2v) is 6.22. The average Bonchev–Trinajstić information content (AvgIpc) is 3.11. The summed E-state index contributed by atoms with van der Waals surface area (Å²) in [6, 6.07) is 4.72. The van der Waals surface area contributed by atoms with Crippen LogP contribution in [0, 0.1) is 12.7 Å². The number of aryl methyl sites for hydroxylation is 1. The van der Waals surface area contributed by atoms with Crippen LogP contribution in [0.3, 0.4) is 0 Å². The van der Waals surface area contributed by atoms with E-state index in [1.807, 2.05) is 6.92 Å². The number of hydrogen-bond donors (Lipinski definition) is 3. The van der Waals surface area contributed by atoms with Gasteiger partial charge in [0, 0.05) is 18.0 Å². The molecular formula is C19H22FN5O3. The highest BCUT2D eigenvalue weighted by Crippen LogP contribution is 2.27. The highest BCUT2D eigenvalue weighted by atomic mass is 19.1. The maximum absolute atomic E-state index is 14.2. The first-order valence-corrected chi connectivity index (χ1v) is 8.85. The lowest BCUT2D eigenvalue weighted by atomic mass is 10.1. The molecule has 0 saturated heterocycles. The van der Waals surface area contributed by atoms with E-state index < -0.39 is 11.9 Å². The van der Waals surface area contributed by atoms with Crippen molar-refractivity contribution in [3.05, 3.63) is 48.2 Å². The summed E-state index contributed by atoms with van der Waals surface area (Å²) in [5.41, 5.74) is 2.64.